The van der Waals surface area contributed by atoms with E-state index >= 15 is 0 Å². The van der Waals surface area contributed by atoms with E-state index in [1.54, 1.807) is 17.1 Å². The molecule has 2 unspecified atom stereocenters. The minimum atomic E-state index is 0.126. The molecular formula is C16H18N4O. The van der Waals surface area contributed by atoms with Gasteiger partial charge in [-0.25, -0.2) is 4.98 Å². The van der Waals surface area contributed by atoms with E-state index in [1.165, 1.54) is 12.8 Å². The highest BCUT2D eigenvalue weighted by atomic mass is 16.2. The molecule has 4 rings (SSSR count). The summed E-state index contributed by atoms with van der Waals surface area (Å²) < 4.78 is 1.68. The van der Waals surface area contributed by atoms with Gasteiger partial charge in [-0.05, 0) is 55.7 Å². The second kappa shape index (κ2) is 4.69. The Bertz CT molecular complexity index is 689. The summed E-state index contributed by atoms with van der Waals surface area (Å²) in [6, 6.07) is 5.71. The zero-order valence-electron chi connectivity index (χ0n) is 12.0. The molecule has 2 aromatic rings. The summed E-state index contributed by atoms with van der Waals surface area (Å²) in [7, 11) is 0. The molecule has 1 N–H and O–H groups in total. The Kier molecular flexibility index (Phi) is 2.80. The van der Waals surface area contributed by atoms with Crippen LogP contribution in [0.25, 0.3) is 5.82 Å². The summed E-state index contributed by atoms with van der Waals surface area (Å²) in [5, 5.41) is 7.27. The van der Waals surface area contributed by atoms with Crippen molar-refractivity contribution in [1.29, 1.82) is 0 Å². The summed E-state index contributed by atoms with van der Waals surface area (Å²) in [6.07, 6.45) is 7.10. The van der Waals surface area contributed by atoms with Gasteiger partial charge in [0, 0.05) is 18.2 Å². The third kappa shape index (κ3) is 2.44. The highest BCUT2D eigenvalue weighted by Crippen LogP contribution is 2.54. The van der Waals surface area contributed by atoms with Gasteiger partial charge in [-0.2, -0.15) is 9.78 Å². The average molecular weight is 282 g/mol. The number of amides is 1. The van der Waals surface area contributed by atoms with E-state index in [0.29, 0.717) is 11.7 Å². The molecule has 5 heteroatoms. The SMILES string of the molecule is Cc1ccnc(-n2nccc2NC(=O)C2CC2C2CC2)c1. The minimum absolute atomic E-state index is 0.126. The van der Waals surface area contributed by atoms with Crippen LogP contribution in [0.3, 0.4) is 0 Å². The van der Waals surface area contributed by atoms with Crippen molar-refractivity contribution in [1.82, 2.24) is 14.8 Å². The van der Waals surface area contributed by atoms with Crippen molar-refractivity contribution in [2.24, 2.45) is 17.8 Å². The van der Waals surface area contributed by atoms with E-state index < -0.39 is 0 Å². The van der Waals surface area contributed by atoms with Gasteiger partial charge in [-0.15, -0.1) is 0 Å². The van der Waals surface area contributed by atoms with E-state index in [2.05, 4.69) is 15.4 Å². The van der Waals surface area contributed by atoms with E-state index in [0.717, 1.165) is 23.7 Å². The first-order valence-electron chi connectivity index (χ1n) is 7.50. The van der Waals surface area contributed by atoms with Gasteiger partial charge in [0.2, 0.25) is 5.91 Å². The van der Waals surface area contributed by atoms with Gasteiger partial charge in [-0.1, -0.05) is 0 Å². The van der Waals surface area contributed by atoms with E-state index in [4.69, 9.17) is 0 Å². The Labute approximate surface area is 123 Å². The Balaban J connectivity index is 1.51. The fourth-order valence-electron chi connectivity index (χ4n) is 3.00. The molecule has 0 bridgehead atoms. The Morgan fingerprint density at radius 2 is 2.19 bits per heavy atom. The van der Waals surface area contributed by atoms with Crippen molar-refractivity contribution in [2.45, 2.75) is 26.2 Å². The number of anilines is 1. The standard InChI is InChI=1S/C16H18N4O/c1-10-4-6-17-15(8-10)20-14(5-7-18-20)19-16(21)13-9-12(13)11-2-3-11/h4-8,11-13H,2-3,9H2,1H3,(H,19,21). The summed E-state index contributed by atoms with van der Waals surface area (Å²) in [4.78, 5) is 16.6. The Morgan fingerprint density at radius 3 is 2.95 bits per heavy atom. The molecule has 2 fully saturated rings. The number of aryl methyl sites for hydroxylation is 1. The highest BCUT2D eigenvalue weighted by molar-refractivity contribution is 5.94. The van der Waals surface area contributed by atoms with Gasteiger partial charge in [0.25, 0.3) is 0 Å². The molecule has 2 atom stereocenters. The highest BCUT2D eigenvalue weighted by Gasteiger charge is 2.51. The smallest absolute Gasteiger partial charge is 0.228 e. The minimum Gasteiger partial charge on any atom is -0.310 e. The van der Waals surface area contributed by atoms with Gasteiger partial charge >= 0.3 is 0 Å². The van der Waals surface area contributed by atoms with Crippen LogP contribution in [0.5, 0.6) is 0 Å². The third-order valence-electron chi connectivity index (χ3n) is 4.42. The molecular weight excluding hydrogens is 264 g/mol. The molecule has 0 saturated heterocycles. The predicted octanol–water partition coefficient (Wildman–Crippen LogP) is 2.56. The molecule has 2 saturated carbocycles. The number of nitrogens with one attached hydrogen (secondary N) is 1. The van der Waals surface area contributed by atoms with Crippen LogP contribution < -0.4 is 5.32 Å². The van der Waals surface area contributed by atoms with Crippen LogP contribution in [0.4, 0.5) is 5.82 Å². The summed E-state index contributed by atoms with van der Waals surface area (Å²) in [6.45, 7) is 2.01. The van der Waals surface area contributed by atoms with Crippen molar-refractivity contribution in [3.63, 3.8) is 0 Å². The van der Waals surface area contributed by atoms with Crippen molar-refractivity contribution in [2.75, 3.05) is 5.32 Å². The number of carbonyl (C=O) groups is 1. The normalized spacial score (nSPS) is 23.9. The number of carbonyl (C=O) groups excluding carboxylic acids is 1. The van der Waals surface area contributed by atoms with Crippen LogP contribution in [-0.4, -0.2) is 20.7 Å². The van der Waals surface area contributed by atoms with Crippen LogP contribution in [0.1, 0.15) is 24.8 Å². The lowest BCUT2D eigenvalue weighted by Crippen LogP contribution is -2.18. The van der Waals surface area contributed by atoms with Gasteiger partial charge in [0.1, 0.15) is 5.82 Å². The van der Waals surface area contributed by atoms with Crippen LogP contribution in [0.15, 0.2) is 30.6 Å². The van der Waals surface area contributed by atoms with Crippen molar-refractivity contribution < 1.29 is 4.79 Å². The number of aromatic nitrogens is 3. The first kappa shape index (κ1) is 12.6. The number of pyridine rings is 1. The number of hydrogen-bond acceptors (Lipinski definition) is 3. The van der Waals surface area contributed by atoms with Crippen molar-refractivity contribution in [3.8, 4) is 5.82 Å². The summed E-state index contributed by atoms with van der Waals surface area (Å²) in [5.41, 5.74) is 1.11. The molecule has 0 spiro atoms. The fourth-order valence-corrected chi connectivity index (χ4v) is 3.00. The number of rotatable bonds is 4. The van der Waals surface area contributed by atoms with E-state index in [9.17, 15) is 4.79 Å². The van der Waals surface area contributed by atoms with E-state index in [1.807, 2.05) is 25.1 Å². The molecule has 0 radical (unpaired) electrons. The van der Waals surface area contributed by atoms with Gasteiger partial charge in [-0.3, -0.25) is 4.79 Å². The van der Waals surface area contributed by atoms with Crippen LogP contribution in [0, 0.1) is 24.7 Å². The van der Waals surface area contributed by atoms with Gasteiger partial charge < -0.3 is 5.32 Å². The lowest BCUT2D eigenvalue weighted by atomic mass is 10.2. The predicted molar refractivity (Wildman–Crippen MR) is 79.0 cm³/mol. The van der Waals surface area contributed by atoms with Crippen molar-refractivity contribution >= 4 is 11.7 Å². The molecule has 0 aromatic carbocycles. The zero-order chi connectivity index (χ0) is 14.4. The zero-order valence-corrected chi connectivity index (χ0v) is 12.0. The molecule has 21 heavy (non-hydrogen) atoms. The lowest BCUT2D eigenvalue weighted by molar-refractivity contribution is -0.117. The lowest BCUT2D eigenvalue weighted by Gasteiger charge is -2.08. The summed E-state index contributed by atoms with van der Waals surface area (Å²) in [5.74, 6) is 3.18. The quantitative estimate of drug-likeness (QED) is 0.937. The average Bonchev–Trinajstić information content (AvgIpc) is 3.35. The number of hydrogen-bond donors (Lipinski definition) is 1. The maximum Gasteiger partial charge on any atom is 0.228 e. The fraction of sp³-hybridized carbons (Fsp3) is 0.438. The van der Waals surface area contributed by atoms with Crippen LogP contribution >= 0.6 is 0 Å². The maximum atomic E-state index is 12.3. The topological polar surface area (TPSA) is 59.8 Å². The maximum absolute atomic E-state index is 12.3. The van der Waals surface area contributed by atoms with Crippen LogP contribution in [0.2, 0.25) is 0 Å². The molecule has 2 aliphatic carbocycles. The molecule has 2 aromatic heterocycles. The van der Waals surface area contributed by atoms with Crippen molar-refractivity contribution in [3.05, 3.63) is 36.2 Å². The molecule has 108 valence electrons. The van der Waals surface area contributed by atoms with Crippen LogP contribution in [-0.2, 0) is 4.79 Å². The molecule has 5 nitrogen and oxygen atoms in total. The van der Waals surface area contributed by atoms with E-state index in [-0.39, 0.29) is 11.8 Å². The largest absolute Gasteiger partial charge is 0.310 e. The molecule has 2 aliphatic rings. The second-order valence-electron chi connectivity index (χ2n) is 6.15. The molecule has 2 heterocycles. The molecule has 1 amide bonds. The summed E-state index contributed by atoms with van der Waals surface area (Å²) >= 11 is 0. The first-order valence-corrected chi connectivity index (χ1v) is 7.50. The molecule has 0 aliphatic heterocycles. The monoisotopic (exact) mass is 282 g/mol. The number of nitrogens with zero attached hydrogens (tertiary/aromatic N) is 3. The van der Waals surface area contributed by atoms with Gasteiger partial charge in [0.05, 0.1) is 6.20 Å². The Morgan fingerprint density at radius 1 is 1.33 bits per heavy atom. The Hall–Kier alpha value is -2.17. The second-order valence-corrected chi connectivity index (χ2v) is 6.15. The third-order valence-corrected chi connectivity index (χ3v) is 4.42. The van der Waals surface area contributed by atoms with Gasteiger partial charge in [0.15, 0.2) is 5.82 Å². The first-order chi connectivity index (χ1) is 10.2.